The SMILES string of the molecule is O=C(NC1CC1)c1ccc(CN(C(=O)CCCNC(=O)c2ccc(F)cc2F)C2CC2)cc1. The zero-order valence-corrected chi connectivity index (χ0v) is 18.3. The lowest BCUT2D eigenvalue weighted by Gasteiger charge is -2.23. The van der Waals surface area contributed by atoms with Crippen molar-refractivity contribution in [2.24, 2.45) is 0 Å². The van der Waals surface area contributed by atoms with Crippen molar-refractivity contribution in [1.29, 1.82) is 0 Å². The molecule has 3 amide bonds. The molecule has 0 heterocycles. The zero-order chi connectivity index (χ0) is 23.4. The quantitative estimate of drug-likeness (QED) is 0.538. The number of amides is 3. The predicted octanol–water partition coefficient (Wildman–Crippen LogP) is 3.56. The van der Waals surface area contributed by atoms with Gasteiger partial charge in [-0.15, -0.1) is 0 Å². The van der Waals surface area contributed by atoms with Gasteiger partial charge in [-0.05, 0) is 61.9 Å². The van der Waals surface area contributed by atoms with Gasteiger partial charge in [0.2, 0.25) is 5.91 Å². The van der Waals surface area contributed by atoms with Gasteiger partial charge in [0.25, 0.3) is 11.8 Å². The minimum absolute atomic E-state index is 0.00438. The number of carbonyl (C=O) groups is 3. The third-order valence-electron chi connectivity index (χ3n) is 5.82. The molecule has 0 spiro atoms. The molecule has 2 fully saturated rings. The van der Waals surface area contributed by atoms with E-state index in [2.05, 4.69) is 10.6 Å². The number of benzene rings is 2. The Morgan fingerprint density at radius 2 is 1.67 bits per heavy atom. The highest BCUT2D eigenvalue weighted by molar-refractivity contribution is 5.95. The molecule has 2 aromatic carbocycles. The molecule has 0 bridgehead atoms. The van der Waals surface area contributed by atoms with Gasteiger partial charge >= 0.3 is 0 Å². The molecular formula is C25H27F2N3O3. The van der Waals surface area contributed by atoms with E-state index in [-0.39, 0.29) is 36.4 Å². The maximum absolute atomic E-state index is 13.7. The Bertz CT molecular complexity index is 1030. The van der Waals surface area contributed by atoms with Crippen molar-refractivity contribution in [1.82, 2.24) is 15.5 Å². The van der Waals surface area contributed by atoms with Gasteiger partial charge in [-0.25, -0.2) is 8.78 Å². The molecule has 174 valence electrons. The number of rotatable bonds is 10. The highest BCUT2D eigenvalue weighted by Gasteiger charge is 2.32. The van der Waals surface area contributed by atoms with Crippen molar-refractivity contribution in [2.75, 3.05) is 6.54 Å². The van der Waals surface area contributed by atoms with Crippen LogP contribution in [0.2, 0.25) is 0 Å². The molecule has 0 unspecified atom stereocenters. The minimum atomic E-state index is -0.917. The fourth-order valence-electron chi connectivity index (χ4n) is 3.62. The van der Waals surface area contributed by atoms with Gasteiger partial charge in [0.1, 0.15) is 11.6 Å². The number of nitrogens with one attached hydrogen (secondary N) is 2. The number of nitrogens with zero attached hydrogens (tertiary/aromatic N) is 1. The van der Waals surface area contributed by atoms with Crippen LogP contribution in [0.3, 0.4) is 0 Å². The Labute approximate surface area is 191 Å². The monoisotopic (exact) mass is 455 g/mol. The molecule has 33 heavy (non-hydrogen) atoms. The molecular weight excluding hydrogens is 428 g/mol. The van der Waals surface area contributed by atoms with Crippen LogP contribution in [0.15, 0.2) is 42.5 Å². The summed E-state index contributed by atoms with van der Waals surface area (Å²) in [6, 6.07) is 10.6. The van der Waals surface area contributed by atoms with Crippen LogP contribution in [0.1, 0.15) is 64.8 Å². The maximum Gasteiger partial charge on any atom is 0.254 e. The van der Waals surface area contributed by atoms with E-state index in [4.69, 9.17) is 0 Å². The highest BCUT2D eigenvalue weighted by atomic mass is 19.1. The highest BCUT2D eigenvalue weighted by Crippen LogP contribution is 2.29. The number of hydrogen-bond acceptors (Lipinski definition) is 3. The first-order valence-electron chi connectivity index (χ1n) is 11.3. The van der Waals surface area contributed by atoms with Crippen molar-refractivity contribution in [3.05, 3.63) is 70.8 Å². The van der Waals surface area contributed by atoms with Gasteiger partial charge in [-0.2, -0.15) is 0 Å². The van der Waals surface area contributed by atoms with Gasteiger partial charge in [-0.1, -0.05) is 12.1 Å². The summed E-state index contributed by atoms with van der Waals surface area (Å²) in [5.74, 6) is -2.37. The van der Waals surface area contributed by atoms with E-state index >= 15 is 0 Å². The van der Waals surface area contributed by atoms with Crippen LogP contribution in [0, 0.1) is 11.6 Å². The van der Waals surface area contributed by atoms with Gasteiger partial charge in [0.05, 0.1) is 5.56 Å². The molecule has 2 N–H and O–H groups in total. The third kappa shape index (κ3) is 6.37. The Morgan fingerprint density at radius 1 is 0.939 bits per heavy atom. The van der Waals surface area contributed by atoms with Gasteiger partial charge in [-0.3, -0.25) is 14.4 Å². The van der Waals surface area contributed by atoms with E-state index in [1.54, 1.807) is 12.1 Å². The van der Waals surface area contributed by atoms with Crippen LogP contribution < -0.4 is 10.6 Å². The van der Waals surface area contributed by atoms with Gasteiger partial charge in [0.15, 0.2) is 0 Å². The van der Waals surface area contributed by atoms with Crippen LogP contribution >= 0.6 is 0 Å². The zero-order valence-electron chi connectivity index (χ0n) is 18.3. The molecule has 0 aliphatic heterocycles. The molecule has 0 aromatic heterocycles. The first-order valence-corrected chi connectivity index (χ1v) is 11.3. The van der Waals surface area contributed by atoms with E-state index in [1.807, 2.05) is 17.0 Å². The van der Waals surface area contributed by atoms with Crippen molar-refractivity contribution in [3.8, 4) is 0 Å². The van der Waals surface area contributed by atoms with E-state index < -0.39 is 17.5 Å². The lowest BCUT2D eigenvalue weighted by atomic mass is 10.1. The van der Waals surface area contributed by atoms with E-state index in [0.29, 0.717) is 30.6 Å². The second kappa shape index (κ2) is 10.1. The molecule has 2 saturated carbocycles. The number of carbonyl (C=O) groups excluding carboxylic acids is 3. The Kier molecular flexibility index (Phi) is 7.01. The molecule has 0 saturated heterocycles. The lowest BCUT2D eigenvalue weighted by Crippen LogP contribution is -2.33. The maximum atomic E-state index is 13.7. The van der Waals surface area contributed by atoms with Crippen molar-refractivity contribution >= 4 is 17.7 Å². The summed E-state index contributed by atoms with van der Waals surface area (Å²) in [6.45, 7) is 0.686. The number of halogens is 2. The Morgan fingerprint density at radius 3 is 2.30 bits per heavy atom. The summed E-state index contributed by atoms with van der Waals surface area (Å²) < 4.78 is 26.7. The molecule has 6 nitrogen and oxygen atoms in total. The first kappa shape index (κ1) is 22.9. The van der Waals surface area contributed by atoms with Crippen molar-refractivity contribution in [3.63, 3.8) is 0 Å². The lowest BCUT2D eigenvalue weighted by molar-refractivity contribution is -0.132. The summed E-state index contributed by atoms with van der Waals surface area (Å²) in [6.07, 6.45) is 4.67. The number of hydrogen-bond donors (Lipinski definition) is 2. The summed E-state index contributed by atoms with van der Waals surface area (Å²) in [7, 11) is 0. The predicted molar refractivity (Wildman–Crippen MR) is 118 cm³/mol. The van der Waals surface area contributed by atoms with Gasteiger partial charge < -0.3 is 15.5 Å². The fraction of sp³-hybridized carbons (Fsp3) is 0.400. The smallest absolute Gasteiger partial charge is 0.254 e. The van der Waals surface area contributed by atoms with Crippen LogP contribution in [-0.2, 0) is 11.3 Å². The van der Waals surface area contributed by atoms with Crippen LogP contribution in [0.4, 0.5) is 8.78 Å². The van der Waals surface area contributed by atoms with Crippen LogP contribution in [0.25, 0.3) is 0 Å². The normalized spacial score (nSPS) is 15.1. The fourth-order valence-corrected chi connectivity index (χ4v) is 3.62. The largest absolute Gasteiger partial charge is 0.352 e. The molecule has 4 rings (SSSR count). The van der Waals surface area contributed by atoms with Crippen molar-refractivity contribution < 1.29 is 23.2 Å². The standard InChI is InChI=1S/C25H27F2N3O3/c26-18-7-12-21(22(27)14-18)25(33)28-13-1-2-23(31)30(20-10-11-20)15-16-3-5-17(6-4-16)24(32)29-19-8-9-19/h3-7,12,14,19-20H,1-2,8-11,13,15H2,(H,28,33)(H,29,32). The second-order valence-corrected chi connectivity index (χ2v) is 8.68. The average Bonchev–Trinajstić information content (AvgIpc) is 3.70. The molecule has 2 aromatic rings. The molecule has 2 aliphatic rings. The van der Waals surface area contributed by atoms with E-state index in [1.165, 1.54) is 0 Å². The molecule has 2 aliphatic carbocycles. The minimum Gasteiger partial charge on any atom is -0.352 e. The van der Waals surface area contributed by atoms with Gasteiger partial charge in [0, 0.05) is 43.2 Å². The van der Waals surface area contributed by atoms with E-state index in [0.717, 1.165) is 43.4 Å². The third-order valence-corrected chi connectivity index (χ3v) is 5.82. The summed E-state index contributed by atoms with van der Waals surface area (Å²) in [5, 5.41) is 5.53. The first-order chi connectivity index (χ1) is 15.9. The second-order valence-electron chi connectivity index (χ2n) is 8.68. The van der Waals surface area contributed by atoms with Crippen molar-refractivity contribution in [2.45, 2.75) is 57.2 Å². The summed E-state index contributed by atoms with van der Waals surface area (Å²) in [4.78, 5) is 38.8. The topological polar surface area (TPSA) is 78.5 Å². The van der Waals surface area contributed by atoms with Crippen LogP contribution in [-0.4, -0.2) is 41.2 Å². The Balaban J connectivity index is 1.24. The summed E-state index contributed by atoms with van der Waals surface area (Å²) in [5.41, 5.74) is 1.35. The average molecular weight is 456 g/mol. The van der Waals surface area contributed by atoms with Crippen LogP contribution in [0.5, 0.6) is 0 Å². The van der Waals surface area contributed by atoms with E-state index in [9.17, 15) is 23.2 Å². The molecule has 0 atom stereocenters. The Hall–Kier alpha value is -3.29. The molecule has 0 radical (unpaired) electrons. The molecule has 8 heteroatoms. The summed E-state index contributed by atoms with van der Waals surface area (Å²) >= 11 is 0.